The molecule has 0 saturated carbocycles. The van der Waals surface area contributed by atoms with Crippen LogP contribution in [0.5, 0.6) is 0 Å². The maximum Gasteiger partial charge on any atom is 0.0911 e. The molecule has 0 aromatic heterocycles. The second kappa shape index (κ2) is 7.53. The summed E-state index contributed by atoms with van der Waals surface area (Å²) in [6.45, 7) is 3.24. The van der Waals surface area contributed by atoms with E-state index in [-0.39, 0.29) is 5.94 Å². The Morgan fingerprint density at radius 2 is 1.93 bits per heavy atom. The van der Waals surface area contributed by atoms with Gasteiger partial charge in [-0.1, -0.05) is 50.1 Å². The zero-order valence-corrected chi connectivity index (χ0v) is 9.58. The molecular formula is C13H20BN. The summed E-state index contributed by atoms with van der Waals surface area (Å²) < 4.78 is 0. The third kappa shape index (κ3) is 5.63. The van der Waals surface area contributed by atoms with Crippen LogP contribution in [-0.4, -0.2) is 20.3 Å². The standard InChI is InChI=1S/C13H20BN/c1-2-3-7-10-15-13(14)11-12-8-5-4-6-9-12/h4-6,8-9,13,15H,2-3,7,10-11H2,1H3. The van der Waals surface area contributed by atoms with E-state index in [4.69, 9.17) is 7.85 Å². The minimum absolute atomic E-state index is 0.0873. The van der Waals surface area contributed by atoms with Gasteiger partial charge in [-0.15, -0.1) is 0 Å². The van der Waals surface area contributed by atoms with E-state index in [1.165, 1.54) is 24.8 Å². The Bertz CT molecular complexity index is 248. The van der Waals surface area contributed by atoms with Crippen molar-refractivity contribution in [1.82, 2.24) is 5.32 Å². The normalized spacial score (nSPS) is 12.6. The number of hydrogen-bond acceptors (Lipinski definition) is 1. The van der Waals surface area contributed by atoms with Crippen molar-refractivity contribution in [3.8, 4) is 0 Å². The smallest absolute Gasteiger partial charge is 0.0911 e. The van der Waals surface area contributed by atoms with Gasteiger partial charge in [0.2, 0.25) is 0 Å². The van der Waals surface area contributed by atoms with Gasteiger partial charge in [-0.3, -0.25) is 0 Å². The van der Waals surface area contributed by atoms with Crippen molar-refractivity contribution in [3.05, 3.63) is 35.9 Å². The van der Waals surface area contributed by atoms with Gasteiger partial charge in [-0.25, -0.2) is 0 Å². The average molecular weight is 201 g/mol. The molecule has 1 unspecified atom stereocenters. The summed E-state index contributed by atoms with van der Waals surface area (Å²) in [7, 11) is 5.98. The molecule has 80 valence electrons. The molecule has 0 aliphatic rings. The molecule has 0 aliphatic carbocycles. The fourth-order valence-electron chi connectivity index (χ4n) is 1.60. The van der Waals surface area contributed by atoms with Crippen LogP contribution in [-0.2, 0) is 6.42 Å². The molecule has 0 fully saturated rings. The van der Waals surface area contributed by atoms with E-state index in [2.05, 4.69) is 36.5 Å². The quantitative estimate of drug-likeness (QED) is 0.528. The van der Waals surface area contributed by atoms with Gasteiger partial charge in [-0.2, -0.15) is 0 Å². The molecule has 1 atom stereocenters. The van der Waals surface area contributed by atoms with E-state index in [0.717, 1.165) is 13.0 Å². The van der Waals surface area contributed by atoms with Crippen LogP contribution in [0.3, 0.4) is 0 Å². The molecule has 0 bridgehead atoms. The summed E-state index contributed by atoms with van der Waals surface area (Å²) in [4.78, 5) is 0. The van der Waals surface area contributed by atoms with Gasteiger partial charge in [-0.05, 0) is 30.9 Å². The maximum absolute atomic E-state index is 5.98. The Labute approximate surface area is 94.7 Å². The van der Waals surface area contributed by atoms with E-state index in [1.807, 2.05) is 6.07 Å². The highest BCUT2D eigenvalue weighted by Crippen LogP contribution is 2.01. The van der Waals surface area contributed by atoms with Crippen LogP contribution in [0.4, 0.5) is 0 Å². The number of nitrogens with one attached hydrogen (secondary N) is 1. The molecule has 0 saturated heterocycles. The number of unbranched alkanes of at least 4 members (excludes halogenated alkanes) is 2. The van der Waals surface area contributed by atoms with Crippen LogP contribution in [0.25, 0.3) is 0 Å². The summed E-state index contributed by atoms with van der Waals surface area (Å²) in [6.07, 6.45) is 4.67. The lowest BCUT2D eigenvalue weighted by Gasteiger charge is -2.13. The van der Waals surface area contributed by atoms with Crippen molar-refractivity contribution in [2.24, 2.45) is 0 Å². The van der Waals surface area contributed by atoms with Gasteiger partial charge in [0.1, 0.15) is 0 Å². The molecule has 1 aromatic rings. The van der Waals surface area contributed by atoms with E-state index in [9.17, 15) is 0 Å². The molecule has 2 heteroatoms. The van der Waals surface area contributed by atoms with Crippen molar-refractivity contribution in [2.75, 3.05) is 6.54 Å². The van der Waals surface area contributed by atoms with Gasteiger partial charge >= 0.3 is 0 Å². The fourth-order valence-corrected chi connectivity index (χ4v) is 1.60. The molecule has 1 rings (SSSR count). The first-order chi connectivity index (χ1) is 7.33. The molecule has 15 heavy (non-hydrogen) atoms. The van der Waals surface area contributed by atoms with Crippen LogP contribution >= 0.6 is 0 Å². The lowest BCUT2D eigenvalue weighted by molar-refractivity contribution is 0.587. The van der Waals surface area contributed by atoms with Gasteiger partial charge in [0, 0.05) is 0 Å². The van der Waals surface area contributed by atoms with Gasteiger partial charge in [0.15, 0.2) is 0 Å². The molecule has 0 aliphatic heterocycles. The SMILES string of the molecule is [B]C(Cc1ccccc1)NCCCCC. The average Bonchev–Trinajstić information content (AvgIpc) is 2.26. The Hall–Kier alpha value is -0.755. The Balaban J connectivity index is 2.16. The zero-order chi connectivity index (χ0) is 10.9. The van der Waals surface area contributed by atoms with Gasteiger partial charge in [0.05, 0.1) is 7.85 Å². The third-order valence-corrected chi connectivity index (χ3v) is 2.49. The van der Waals surface area contributed by atoms with Crippen LogP contribution in [0.1, 0.15) is 31.7 Å². The molecule has 2 radical (unpaired) electrons. The van der Waals surface area contributed by atoms with Crippen molar-refractivity contribution in [2.45, 2.75) is 38.5 Å². The minimum atomic E-state index is 0.0873. The maximum atomic E-state index is 5.98. The molecular weight excluding hydrogens is 181 g/mol. The van der Waals surface area contributed by atoms with Crippen molar-refractivity contribution < 1.29 is 0 Å². The van der Waals surface area contributed by atoms with Gasteiger partial charge in [0.25, 0.3) is 0 Å². The summed E-state index contributed by atoms with van der Waals surface area (Å²) in [5.74, 6) is 0.0873. The highest BCUT2D eigenvalue weighted by Gasteiger charge is 2.01. The predicted octanol–water partition coefficient (Wildman–Crippen LogP) is 2.50. The first-order valence-corrected chi connectivity index (χ1v) is 5.86. The monoisotopic (exact) mass is 201 g/mol. The van der Waals surface area contributed by atoms with Crippen LogP contribution < -0.4 is 5.32 Å². The molecule has 0 heterocycles. The lowest BCUT2D eigenvalue weighted by Crippen LogP contribution is -2.32. The highest BCUT2D eigenvalue weighted by molar-refractivity contribution is 6.11. The van der Waals surface area contributed by atoms with Gasteiger partial charge < -0.3 is 5.32 Å². The van der Waals surface area contributed by atoms with Crippen molar-refractivity contribution in [1.29, 1.82) is 0 Å². The fraction of sp³-hybridized carbons (Fsp3) is 0.538. The Kier molecular flexibility index (Phi) is 6.18. The first-order valence-electron chi connectivity index (χ1n) is 5.86. The first kappa shape index (κ1) is 12.3. The predicted molar refractivity (Wildman–Crippen MR) is 67.2 cm³/mol. The lowest BCUT2D eigenvalue weighted by atomic mass is 9.89. The molecule has 1 nitrogen and oxygen atoms in total. The number of rotatable bonds is 7. The number of benzene rings is 1. The number of hydrogen-bond donors (Lipinski definition) is 1. The summed E-state index contributed by atoms with van der Waals surface area (Å²) in [6, 6.07) is 10.4. The third-order valence-electron chi connectivity index (χ3n) is 2.49. The topological polar surface area (TPSA) is 12.0 Å². The second-order valence-electron chi connectivity index (χ2n) is 3.96. The second-order valence-corrected chi connectivity index (χ2v) is 3.96. The molecule has 1 N–H and O–H groups in total. The summed E-state index contributed by atoms with van der Waals surface area (Å²) >= 11 is 0. The Morgan fingerprint density at radius 1 is 1.20 bits per heavy atom. The summed E-state index contributed by atoms with van der Waals surface area (Å²) in [5, 5.41) is 3.34. The summed E-state index contributed by atoms with van der Waals surface area (Å²) in [5.41, 5.74) is 1.30. The minimum Gasteiger partial charge on any atom is -0.322 e. The van der Waals surface area contributed by atoms with Crippen LogP contribution in [0.2, 0.25) is 0 Å². The van der Waals surface area contributed by atoms with E-state index in [1.54, 1.807) is 0 Å². The largest absolute Gasteiger partial charge is 0.322 e. The van der Waals surface area contributed by atoms with E-state index in [0.29, 0.717) is 0 Å². The molecule has 1 aromatic carbocycles. The van der Waals surface area contributed by atoms with E-state index >= 15 is 0 Å². The highest BCUT2D eigenvalue weighted by atomic mass is 14.9. The van der Waals surface area contributed by atoms with Crippen molar-refractivity contribution >= 4 is 7.85 Å². The molecule has 0 amide bonds. The zero-order valence-electron chi connectivity index (χ0n) is 9.58. The van der Waals surface area contributed by atoms with Crippen LogP contribution in [0.15, 0.2) is 30.3 Å². The Morgan fingerprint density at radius 3 is 2.60 bits per heavy atom. The van der Waals surface area contributed by atoms with E-state index < -0.39 is 0 Å². The van der Waals surface area contributed by atoms with Crippen molar-refractivity contribution in [3.63, 3.8) is 0 Å². The van der Waals surface area contributed by atoms with Crippen LogP contribution in [0, 0.1) is 0 Å². The molecule has 0 spiro atoms.